The molecule has 3 rings (SSSR count). The first-order chi connectivity index (χ1) is 9.29. The third-order valence-electron chi connectivity index (χ3n) is 3.06. The van der Waals surface area contributed by atoms with E-state index in [9.17, 15) is 4.39 Å². The van der Waals surface area contributed by atoms with Crippen molar-refractivity contribution in [2.75, 3.05) is 12.4 Å². The molecule has 0 bridgehead atoms. The van der Waals surface area contributed by atoms with Crippen LogP contribution in [0.5, 0.6) is 0 Å². The summed E-state index contributed by atoms with van der Waals surface area (Å²) in [4.78, 5) is 8.38. The summed E-state index contributed by atoms with van der Waals surface area (Å²) >= 11 is 0. The molecule has 1 N–H and O–H groups in total. The van der Waals surface area contributed by atoms with Gasteiger partial charge in [0.25, 0.3) is 0 Å². The Balaban J connectivity index is 2.20. The lowest BCUT2D eigenvalue weighted by Gasteiger charge is -2.07. The van der Waals surface area contributed by atoms with Gasteiger partial charge in [-0.2, -0.15) is 0 Å². The maximum absolute atomic E-state index is 13.8. The molecule has 0 unspecified atom stereocenters. The summed E-state index contributed by atoms with van der Waals surface area (Å²) in [6, 6.07) is 12.4. The van der Waals surface area contributed by atoms with E-state index >= 15 is 0 Å². The Hall–Kier alpha value is -2.49. The van der Waals surface area contributed by atoms with Crippen LogP contribution in [0, 0.1) is 5.82 Å². The van der Waals surface area contributed by atoms with Crippen LogP contribution in [0.1, 0.15) is 0 Å². The predicted octanol–water partition coefficient (Wildman–Crippen LogP) is 3.48. The van der Waals surface area contributed by atoms with Crippen molar-refractivity contribution in [1.29, 1.82) is 0 Å². The monoisotopic (exact) mass is 253 g/mol. The minimum atomic E-state index is -0.232. The number of halogens is 1. The van der Waals surface area contributed by atoms with Crippen molar-refractivity contribution in [2.45, 2.75) is 0 Å². The van der Waals surface area contributed by atoms with Gasteiger partial charge in [0.2, 0.25) is 0 Å². The van der Waals surface area contributed by atoms with E-state index < -0.39 is 0 Å². The van der Waals surface area contributed by atoms with Gasteiger partial charge >= 0.3 is 0 Å². The quantitative estimate of drug-likeness (QED) is 0.759. The fourth-order valence-electron chi connectivity index (χ4n) is 2.12. The molecule has 0 spiro atoms. The summed E-state index contributed by atoms with van der Waals surface area (Å²) in [7, 11) is 1.81. The average molecular weight is 253 g/mol. The Morgan fingerprint density at radius 2 is 1.89 bits per heavy atom. The molecule has 0 radical (unpaired) electrons. The Bertz CT molecular complexity index is 740. The van der Waals surface area contributed by atoms with E-state index in [-0.39, 0.29) is 5.82 Å². The standard InChI is InChI=1S/C15H12FN3/c1-17-15-12-7-6-10(8-14(12)18-9-19-15)11-4-2-3-5-13(11)16/h2-9H,1H3,(H,17,18,19). The normalized spacial score (nSPS) is 10.6. The zero-order chi connectivity index (χ0) is 13.2. The number of nitrogens with one attached hydrogen (secondary N) is 1. The van der Waals surface area contributed by atoms with Crippen molar-refractivity contribution >= 4 is 16.7 Å². The predicted molar refractivity (Wildman–Crippen MR) is 74.5 cm³/mol. The zero-order valence-corrected chi connectivity index (χ0v) is 10.4. The first-order valence-corrected chi connectivity index (χ1v) is 5.97. The van der Waals surface area contributed by atoms with E-state index in [1.165, 1.54) is 12.4 Å². The second-order valence-corrected chi connectivity index (χ2v) is 4.18. The minimum absolute atomic E-state index is 0.232. The molecule has 0 fully saturated rings. The highest BCUT2D eigenvalue weighted by Crippen LogP contribution is 2.27. The molecule has 3 aromatic rings. The van der Waals surface area contributed by atoms with E-state index in [4.69, 9.17) is 0 Å². The fraction of sp³-hybridized carbons (Fsp3) is 0.0667. The largest absolute Gasteiger partial charge is 0.373 e. The molecular formula is C15H12FN3. The van der Waals surface area contributed by atoms with Crippen LogP contribution in [0.2, 0.25) is 0 Å². The topological polar surface area (TPSA) is 37.8 Å². The van der Waals surface area contributed by atoms with Gasteiger partial charge in [0.1, 0.15) is 18.0 Å². The molecule has 0 aliphatic rings. The maximum atomic E-state index is 13.8. The summed E-state index contributed by atoms with van der Waals surface area (Å²) in [5, 5.41) is 3.94. The van der Waals surface area contributed by atoms with Crippen LogP contribution in [0.15, 0.2) is 48.8 Å². The van der Waals surface area contributed by atoms with E-state index in [0.717, 1.165) is 22.3 Å². The Morgan fingerprint density at radius 1 is 1.05 bits per heavy atom. The van der Waals surface area contributed by atoms with Crippen molar-refractivity contribution in [3.05, 3.63) is 54.6 Å². The highest BCUT2D eigenvalue weighted by molar-refractivity contribution is 5.91. The van der Waals surface area contributed by atoms with Gasteiger partial charge in [-0.25, -0.2) is 14.4 Å². The van der Waals surface area contributed by atoms with Crippen LogP contribution in [0.3, 0.4) is 0 Å². The molecular weight excluding hydrogens is 241 g/mol. The van der Waals surface area contributed by atoms with E-state index in [1.807, 2.05) is 31.3 Å². The molecule has 0 saturated heterocycles. The van der Waals surface area contributed by atoms with Gasteiger partial charge in [-0.3, -0.25) is 0 Å². The van der Waals surface area contributed by atoms with Gasteiger partial charge in [-0.15, -0.1) is 0 Å². The average Bonchev–Trinajstić information content (AvgIpc) is 2.46. The smallest absolute Gasteiger partial charge is 0.137 e. The molecule has 0 atom stereocenters. The molecule has 19 heavy (non-hydrogen) atoms. The van der Waals surface area contributed by atoms with Gasteiger partial charge in [0.05, 0.1) is 5.52 Å². The van der Waals surface area contributed by atoms with Crippen molar-refractivity contribution in [1.82, 2.24) is 9.97 Å². The number of aromatic nitrogens is 2. The van der Waals surface area contributed by atoms with Gasteiger partial charge in [-0.1, -0.05) is 24.3 Å². The van der Waals surface area contributed by atoms with E-state index in [2.05, 4.69) is 15.3 Å². The molecule has 0 aliphatic heterocycles. The number of hydrogen-bond donors (Lipinski definition) is 1. The summed E-state index contributed by atoms with van der Waals surface area (Å²) in [6.45, 7) is 0. The molecule has 3 nitrogen and oxygen atoms in total. The van der Waals surface area contributed by atoms with Gasteiger partial charge in [-0.05, 0) is 23.8 Å². The van der Waals surface area contributed by atoms with E-state index in [0.29, 0.717) is 5.56 Å². The summed E-state index contributed by atoms with van der Waals surface area (Å²) < 4.78 is 13.8. The van der Waals surface area contributed by atoms with E-state index in [1.54, 1.807) is 12.1 Å². The maximum Gasteiger partial charge on any atom is 0.137 e. The van der Waals surface area contributed by atoms with Crippen LogP contribution >= 0.6 is 0 Å². The Morgan fingerprint density at radius 3 is 2.68 bits per heavy atom. The summed E-state index contributed by atoms with van der Waals surface area (Å²) in [5.41, 5.74) is 2.18. The van der Waals surface area contributed by atoms with Crippen LogP contribution < -0.4 is 5.32 Å². The fourth-order valence-corrected chi connectivity index (χ4v) is 2.12. The van der Waals surface area contributed by atoms with Crippen LogP contribution in [0.4, 0.5) is 10.2 Å². The molecule has 0 amide bonds. The first-order valence-electron chi connectivity index (χ1n) is 5.97. The lowest BCUT2D eigenvalue weighted by Crippen LogP contribution is -1.95. The van der Waals surface area contributed by atoms with Gasteiger partial charge in [0, 0.05) is 18.0 Å². The molecule has 1 aromatic heterocycles. The number of nitrogens with zero attached hydrogens (tertiary/aromatic N) is 2. The van der Waals surface area contributed by atoms with Crippen LogP contribution in [-0.4, -0.2) is 17.0 Å². The number of fused-ring (bicyclic) bond motifs is 1. The zero-order valence-electron chi connectivity index (χ0n) is 10.4. The van der Waals surface area contributed by atoms with Crippen molar-refractivity contribution in [2.24, 2.45) is 0 Å². The van der Waals surface area contributed by atoms with Crippen molar-refractivity contribution in [3.63, 3.8) is 0 Å². The third-order valence-corrected chi connectivity index (χ3v) is 3.06. The Labute approximate surface area is 110 Å². The number of hydrogen-bond acceptors (Lipinski definition) is 3. The SMILES string of the molecule is CNc1ncnc2cc(-c3ccccc3F)ccc12. The molecule has 0 aliphatic carbocycles. The first kappa shape index (κ1) is 11.6. The highest BCUT2D eigenvalue weighted by atomic mass is 19.1. The highest BCUT2D eigenvalue weighted by Gasteiger charge is 2.07. The summed E-state index contributed by atoms with van der Waals surface area (Å²) in [5.74, 6) is 0.537. The van der Waals surface area contributed by atoms with Crippen molar-refractivity contribution < 1.29 is 4.39 Å². The summed E-state index contributed by atoms with van der Waals surface area (Å²) in [6.07, 6.45) is 1.50. The molecule has 4 heteroatoms. The second kappa shape index (κ2) is 4.65. The number of benzene rings is 2. The lowest BCUT2D eigenvalue weighted by molar-refractivity contribution is 0.631. The Kier molecular flexibility index (Phi) is 2.83. The van der Waals surface area contributed by atoms with Crippen LogP contribution in [0.25, 0.3) is 22.0 Å². The number of anilines is 1. The van der Waals surface area contributed by atoms with Crippen molar-refractivity contribution in [3.8, 4) is 11.1 Å². The molecule has 2 aromatic carbocycles. The third kappa shape index (κ3) is 2.01. The van der Waals surface area contributed by atoms with Gasteiger partial charge < -0.3 is 5.32 Å². The molecule has 0 saturated carbocycles. The van der Waals surface area contributed by atoms with Gasteiger partial charge in [0.15, 0.2) is 0 Å². The molecule has 1 heterocycles. The molecule has 94 valence electrons. The van der Waals surface area contributed by atoms with Crippen LogP contribution in [-0.2, 0) is 0 Å². The lowest BCUT2D eigenvalue weighted by atomic mass is 10.0. The number of rotatable bonds is 2. The second-order valence-electron chi connectivity index (χ2n) is 4.18. The minimum Gasteiger partial charge on any atom is -0.373 e.